The fourth-order valence-electron chi connectivity index (χ4n) is 5.05. The summed E-state index contributed by atoms with van der Waals surface area (Å²) in [7, 11) is 0. The van der Waals surface area contributed by atoms with Crippen LogP contribution in [-0.4, -0.2) is 47.9 Å². The molecule has 4 aromatic rings. The van der Waals surface area contributed by atoms with Crippen LogP contribution in [0, 0.1) is 11.8 Å². The smallest absolute Gasteiger partial charge is 0.240 e. The van der Waals surface area contributed by atoms with Gasteiger partial charge in [0.2, 0.25) is 11.8 Å². The Morgan fingerprint density at radius 3 is 1.28 bits per heavy atom. The zero-order valence-electron chi connectivity index (χ0n) is 24.5. The zero-order chi connectivity index (χ0) is 30.2. The third-order valence-electron chi connectivity index (χ3n) is 7.09. The Hall–Kier alpha value is -4.46. The molecule has 9 heteroatoms. The van der Waals surface area contributed by atoms with E-state index >= 15 is 0 Å². The molecule has 0 spiro atoms. The minimum Gasteiger partial charge on any atom is -0.325 e. The van der Waals surface area contributed by atoms with Gasteiger partial charge < -0.3 is 10.6 Å². The van der Waals surface area contributed by atoms with Gasteiger partial charge in [-0.2, -0.15) is 0 Å². The molecule has 43 heavy (non-hydrogen) atoms. The molecule has 0 aliphatic rings. The van der Waals surface area contributed by atoms with E-state index in [0.29, 0.717) is 22.8 Å². The van der Waals surface area contributed by atoms with Crippen molar-refractivity contribution in [1.82, 2.24) is 0 Å². The van der Waals surface area contributed by atoms with Gasteiger partial charge in [0.15, 0.2) is 0 Å². The molecule has 0 fully saturated rings. The molecule has 0 bridgehead atoms. The van der Waals surface area contributed by atoms with E-state index < -0.39 is 23.7 Å². The van der Waals surface area contributed by atoms with Crippen LogP contribution >= 0.6 is 0 Å². The number of nitrogens with zero attached hydrogens (tertiary/aromatic N) is 2. The van der Waals surface area contributed by atoms with Crippen LogP contribution in [0.15, 0.2) is 94.9 Å². The summed E-state index contributed by atoms with van der Waals surface area (Å²) in [5.41, 5.74) is 1.97. The van der Waals surface area contributed by atoms with Gasteiger partial charge in [-0.15, -0.1) is 0 Å². The molecule has 225 valence electrons. The Labute approximate surface area is 261 Å². The van der Waals surface area contributed by atoms with E-state index in [2.05, 4.69) is 20.6 Å². The standard InChI is InChI=1S/C34H34N4O4.Cu/c1-21(31(23(3)39)33(41)37-29-17-9-13-25-11-5-7-15-27(25)29)35-19-20-36-22(2)32(24(4)40)34(42)38-30-18-10-14-26-12-6-8-16-28(26)30;/h5-18,31-32H,19-20H2,1-4H3,(H,37,41)(H,38,42);. The third kappa shape index (κ3) is 8.09. The molecule has 0 saturated heterocycles. The molecule has 1 radical (unpaired) electrons. The first-order chi connectivity index (χ1) is 20.2. The normalized spacial score (nSPS) is 13.1. The summed E-state index contributed by atoms with van der Waals surface area (Å²) in [4.78, 5) is 60.0. The molecule has 8 nitrogen and oxygen atoms in total. The maximum atomic E-state index is 13.1. The number of benzene rings is 4. The number of aliphatic imine (C=N–C) groups is 2. The maximum Gasteiger partial charge on any atom is 0.240 e. The Bertz CT molecular complexity index is 1590. The predicted octanol–water partition coefficient (Wildman–Crippen LogP) is 5.90. The van der Waals surface area contributed by atoms with Gasteiger partial charge in [-0.05, 0) is 50.6 Å². The van der Waals surface area contributed by atoms with Crippen LogP contribution in [0.2, 0.25) is 0 Å². The number of hydrogen-bond acceptors (Lipinski definition) is 6. The largest absolute Gasteiger partial charge is 0.325 e. The second-order valence-electron chi connectivity index (χ2n) is 10.2. The number of rotatable bonds is 11. The molecular weight excluding hydrogens is 592 g/mol. The number of anilines is 2. The van der Waals surface area contributed by atoms with Crippen LogP contribution in [0.25, 0.3) is 21.5 Å². The molecule has 0 aliphatic carbocycles. The van der Waals surface area contributed by atoms with Gasteiger partial charge in [-0.1, -0.05) is 72.8 Å². The quantitative estimate of drug-likeness (QED) is 0.0934. The van der Waals surface area contributed by atoms with Crippen molar-refractivity contribution in [2.24, 2.45) is 21.8 Å². The zero-order valence-corrected chi connectivity index (χ0v) is 25.4. The number of Topliss-reactive ketones (excluding diaryl/α,β-unsaturated/α-hetero) is 2. The van der Waals surface area contributed by atoms with Gasteiger partial charge in [0.25, 0.3) is 0 Å². The molecule has 4 rings (SSSR count). The fourth-order valence-corrected chi connectivity index (χ4v) is 5.05. The molecule has 0 saturated carbocycles. The molecule has 4 aromatic carbocycles. The predicted molar refractivity (Wildman–Crippen MR) is 169 cm³/mol. The number of amides is 2. The van der Waals surface area contributed by atoms with Crippen LogP contribution in [-0.2, 0) is 36.2 Å². The molecule has 2 unspecified atom stereocenters. The van der Waals surface area contributed by atoms with Crippen molar-refractivity contribution in [2.75, 3.05) is 23.7 Å². The Morgan fingerprint density at radius 2 is 0.907 bits per heavy atom. The molecule has 0 aromatic heterocycles. The molecule has 2 amide bonds. The topological polar surface area (TPSA) is 117 Å². The number of carbonyl (C=O) groups is 4. The second-order valence-corrected chi connectivity index (χ2v) is 10.2. The van der Waals surface area contributed by atoms with Crippen molar-refractivity contribution >= 4 is 67.7 Å². The molecule has 0 heterocycles. The van der Waals surface area contributed by atoms with Crippen LogP contribution in [0.5, 0.6) is 0 Å². The van der Waals surface area contributed by atoms with Crippen molar-refractivity contribution in [3.05, 3.63) is 84.9 Å². The second kappa shape index (κ2) is 15.1. The van der Waals surface area contributed by atoms with Gasteiger partial charge in [-0.25, -0.2) is 0 Å². The van der Waals surface area contributed by atoms with Gasteiger partial charge in [0.1, 0.15) is 23.4 Å². The summed E-state index contributed by atoms with van der Waals surface area (Å²) in [5, 5.41) is 9.45. The minimum atomic E-state index is -1.05. The number of hydrogen-bond donors (Lipinski definition) is 2. The van der Waals surface area contributed by atoms with E-state index in [1.165, 1.54) is 13.8 Å². The van der Waals surface area contributed by atoms with Crippen LogP contribution in [0.3, 0.4) is 0 Å². The average molecular weight is 626 g/mol. The van der Waals surface area contributed by atoms with Crippen molar-refractivity contribution < 1.29 is 36.2 Å². The van der Waals surface area contributed by atoms with Crippen molar-refractivity contribution in [2.45, 2.75) is 27.7 Å². The molecule has 2 atom stereocenters. The monoisotopic (exact) mass is 625 g/mol. The Morgan fingerprint density at radius 1 is 0.558 bits per heavy atom. The van der Waals surface area contributed by atoms with Gasteiger partial charge >= 0.3 is 0 Å². The first-order valence-electron chi connectivity index (χ1n) is 13.8. The molecule has 0 aliphatic heterocycles. The minimum absolute atomic E-state index is 0. The maximum absolute atomic E-state index is 13.1. The number of nitrogens with one attached hydrogen (secondary N) is 2. The Kier molecular flexibility index (Phi) is 11.6. The summed E-state index contributed by atoms with van der Waals surface area (Å²) >= 11 is 0. The molecule has 2 N–H and O–H groups in total. The van der Waals surface area contributed by atoms with E-state index in [0.717, 1.165) is 21.5 Å². The SMILES string of the molecule is CC(=O)C(C(=O)Nc1cccc2ccccc12)C(C)=NCCN=C(C)C(C(C)=O)C(=O)Nc1cccc2ccccc12.[Cu]. The first kappa shape index (κ1) is 33.0. The van der Waals surface area contributed by atoms with E-state index in [-0.39, 0.29) is 41.7 Å². The van der Waals surface area contributed by atoms with Gasteiger partial charge in [-0.3, -0.25) is 29.2 Å². The van der Waals surface area contributed by atoms with E-state index in [9.17, 15) is 19.2 Å². The van der Waals surface area contributed by atoms with Crippen molar-refractivity contribution in [3.63, 3.8) is 0 Å². The summed E-state index contributed by atoms with van der Waals surface area (Å²) in [5.74, 6) is -3.66. The summed E-state index contributed by atoms with van der Waals surface area (Å²) in [6.45, 7) is 6.37. The van der Waals surface area contributed by atoms with Crippen LogP contribution in [0.4, 0.5) is 11.4 Å². The van der Waals surface area contributed by atoms with E-state index in [1.54, 1.807) is 26.0 Å². The van der Waals surface area contributed by atoms with E-state index in [1.807, 2.05) is 72.8 Å². The third-order valence-corrected chi connectivity index (χ3v) is 7.09. The first-order valence-corrected chi connectivity index (χ1v) is 13.8. The van der Waals surface area contributed by atoms with Crippen LogP contribution in [0.1, 0.15) is 27.7 Å². The number of ketones is 2. The Balaban J connectivity index is 0.00000506. The molecular formula is C34H34CuN4O4. The fraction of sp³-hybridized carbons (Fsp3) is 0.235. The van der Waals surface area contributed by atoms with Crippen molar-refractivity contribution in [3.8, 4) is 0 Å². The van der Waals surface area contributed by atoms with Gasteiger partial charge in [0.05, 0.1) is 13.1 Å². The summed E-state index contributed by atoms with van der Waals surface area (Å²) < 4.78 is 0. The number of carbonyl (C=O) groups excluding carboxylic acids is 4. The summed E-state index contributed by atoms with van der Waals surface area (Å²) in [6, 6.07) is 26.5. The average Bonchev–Trinajstić information content (AvgIpc) is 2.95. The summed E-state index contributed by atoms with van der Waals surface area (Å²) in [6.07, 6.45) is 0. The van der Waals surface area contributed by atoms with Crippen LogP contribution < -0.4 is 10.6 Å². The van der Waals surface area contributed by atoms with Gasteiger partial charge in [0, 0.05) is 50.6 Å². The van der Waals surface area contributed by atoms with E-state index in [4.69, 9.17) is 0 Å². The van der Waals surface area contributed by atoms with Crippen molar-refractivity contribution in [1.29, 1.82) is 0 Å². The number of fused-ring (bicyclic) bond motifs is 2.